The van der Waals surface area contributed by atoms with E-state index in [-0.39, 0.29) is 51.3 Å². The fraction of sp³-hybridized carbons (Fsp3) is 0.720. The van der Waals surface area contributed by atoms with Crippen LogP contribution >= 0.6 is 0 Å². The molecule has 19 heteroatoms. The predicted molar refractivity (Wildman–Crippen MR) is 257 cm³/mol. The van der Waals surface area contributed by atoms with E-state index in [1.807, 2.05) is 39.8 Å². The summed E-state index contributed by atoms with van der Waals surface area (Å²) in [5.74, 6) is -2.07. The summed E-state index contributed by atoms with van der Waals surface area (Å²) in [5.41, 5.74) is 7.89. The third-order valence-electron chi connectivity index (χ3n) is 13.7. The first-order valence-electron chi connectivity index (χ1n) is 24.3. The number of aliphatic hydroxyl groups is 3. The molecule has 0 radical (unpaired) electrons. The smallest absolute Gasteiger partial charge is 0.308 e. The zero-order valence-corrected chi connectivity index (χ0v) is 41.9. The molecule has 0 aromatic carbocycles. The lowest BCUT2D eigenvalue weighted by Gasteiger charge is -2.47. The summed E-state index contributed by atoms with van der Waals surface area (Å²) < 4.78 is 50.2. The van der Waals surface area contributed by atoms with Crippen LogP contribution in [-0.4, -0.2) is 178 Å². The summed E-state index contributed by atoms with van der Waals surface area (Å²) in [7, 11) is 6.64. The fourth-order valence-corrected chi connectivity index (χ4v) is 9.77. The minimum absolute atomic E-state index is 0.00838. The monoisotopic (exact) mass is 974 g/mol. The molecule has 6 N–H and O–H groups in total. The van der Waals surface area contributed by atoms with Gasteiger partial charge in [0.2, 0.25) is 0 Å². The zero-order chi connectivity index (χ0) is 50.2. The molecule has 16 atom stereocenters. The number of anilines is 1. The molecule has 388 valence electrons. The number of nitrogens with one attached hydrogen (secondary N) is 1. The lowest BCUT2D eigenvalue weighted by Crippen LogP contribution is -2.63. The Morgan fingerprint density at radius 3 is 2.49 bits per heavy atom. The molecular formula is C50H79N5O14. The molecule has 3 aliphatic heterocycles. The van der Waals surface area contributed by atoms with Gasteiger partial charge in [-0.05, 0) is 90.2 Å². The van der Waals surface area contributed by atoms with E-state index in [0.29, 0.717) is 43.6 Å². The van der Waals surface area contributed by atoms with E-state index in [2.05, 4.69) is 15.5 Å². The number of pyridine rings is 1. The van der Waals surface area contributed by atoms with Crippen molar-refractivity contribution in [2.24, 2.45) is 28.8 Å². The second-order valence-corrected chi connectivity index (χ2v) is 19.0. The largest absolute Gasteiger partial charge is 0.462 e. The van der Waals surface area contributed by atoms with Crippen LogP contribution in [0, 0.1) is 23.7 Å². The zero-order valence-electron chi connectivity index (χ0n) is 41.9. The van der Waals surface area contributed by atoms with Crippen molar-refractivity contribution in [1.29, 1.82) is 0 Å². The first-order chi connectivity index (χ1) is 33.1. The van der Waals surface area contributed by atoms with Crippen molar-refractivity contribution in [1.82, 2.24) is 15.2 Å². The van der Waals surface area contributed by atoms with Gasteiger partial charge in [0.1, 0.15) is 35.9 Å². The van der Waals surface area contributed by atoms with E-state index in [4.69, 9.17) is 48.5 Å². The Morgan fingerprint density at radius 1 is 1.01 bits per heavy atom. The third-order valence-corrected chi connectivity index (χ3v) is 13.7. The molecule has 4 heterocycles. The van der Waals surface area contributed by atoms with E-state index < -0.39 is 97.1 Å². The average Bonchev–Trinajstić information content (AvgIpc) is 3.34. The number of fused-ring (bicyclic) bond motifs is 3. The van der Waals surface area contributed by atoms with Crippen molar-refractivity contribution in [3.8, 4) is 0 Å². The topological polar surface area (TPSA) is 244 Å². The lowest BCUT2D eigenvalue weighted by atomic mass is 9.79. The standard InChI is InChI=1S/C50H79N5O14/c1-10-39-35(25-64-40-16-15-38(57)47(61-8)48(40)62-9)22-29(2)13-14-37(56)30(3)23-34-18-21-63-26-36(54-66-28-52-20-17-33-12-11-19-53-49(33)51)27-65-41(24-42(58)68-39)31(4)46(34)69-50-45(60)43(55(6)7)44(59)32(5)67-50/h11-14,17,19-20,22,30-32,34-35,38-41,43-48,50,52,57,59-60H,10,15-16,18,21,23-28H2,1-9H3,(H2,51,53)/b14-13+,20-17+,29-22+,54-36+/t30-,31+,32-,34?,35-,38-,39-,40-,41-,43+,44-,45-,46-,47-,48+,50+/m1/s1. The SMILES string of the molecule is CC[C@H]1OC(=O)C[C@H]2OC/C(=N/OCN/C=C/c3cccnc3N)COCCC(C[C@@H](C)C(=O)/C=C/C(C)=C/[C@@H]1CO[C@@H]1CC[C@@H](O)[C@@H](OC)[C@H]1OC)[C@H](O[C@@H]1O[C@H](C)[C@@H](O)[C@H](N(C)C)[C@H]1O)[C@H]2C. The number of aliphatic hydroxyl groups excluding tert-OH is 3. The molecular weight excluding hydrogens is 895 g/mol. The molecule has 1 aromatic heterocycles. The van der Waals surface area contributed by atoms with Crippen LogP contribution in [0.2, 0.25) is 0 Å². The van der Waals surface area contributed by atoms with Gasteiger partial charge in [-0.2, -0.15) is 0 Å². The highest BCUT2D eigenvalue weighted by Crippen LogP contribution is 2.36. The van der Waals surface area contributed by atoms with Crippen molar-refractivity contribution in [2.45, 2.75) is 147 Å². The van der Waals surface area contributed by atoms with E-state index in [0.717, 1.165) is 11.1 Å². The van der Waals surface area contributed by atoms with Crippen molar-refractivity contribution in [3.63, 3.8) is 0 Å². The molecule has 19 nitrogen and oxygen atoms in total. The number of esters is 1. The van der Waals surface area contributed by atoms with Gasteiger partial charge in [0.05, 0.1) is 68.9 Å². The molecule has 1 aromatic rings. The molecule has 2 saturated heterocycles. The number of likely N-dealkylation sites (N-methyl/N-ethyl adjacent to an activating group) is 1. The molecule has 2 bridgehead atoms. The number of carbonyl (C=O) groups excluding carboxylic acids is 2. The number of hydrogen-bond acceptors (Lipinski definition) is 19. The Kier molecular flexibility index (Phi) is 22.5. The maximum absolute atomic E-state index is 14.4. The normalized spacial score (nSPS) is 37.8. The first-order valence-corrected chi connectivity index (χ1v) is 24.3. The maximum Gasteiger partial charge on any atom is 0.308 e. The highest BCUT2D eigenvalue weighted by molar-refractivity contribution is 5.91. The molecule has 0 spiro atoms. The van der Waals surface area contributed by atoms with E-state index in [1.54, 1.807) is 69.7 Å². The van der Waals surface area contributed by atoms with Crippen molar-refractivity contribution < 1.29 is 67.6 Å². The highest BCUT2D eigenvalue weighted by Gasteiger charge is 2.48. The van der Waals surface area contributed by atoms with Crippen LogP contribution < -0.4 is 11.1 Å². The summed E-state index contributed by atoms with van der Waals surface area (Å²) in [5, 5.41) is 40.8. The summed E-state index contributed by atoms with van der Waals surface area (Å²) in [4.78, 5) is 39.9. The van der Waals surface area contributed by atoms with Crippen LogP contribution in [0.15, 0.2) is 53.5 Å². The molecule has 5 rings (SSSR count). The number of hydrogen-bond donors (Lipinski definition) is 5. The van der Waals surface area contributed by atoms with Crippen LogP contribution in [0.3, 0.4) is 0 Å². The Morgan fingerprint density at radius 2 is 1.78 bits per heavy atom. The molecule has 1 unspecified atom stereocenters. The first kappa shape index (κ1) is 56.1. The number of nitrogens with zero attached hydrogens (tertiary/aromatic N) is 3. The molecule has 1 aliphatic carbocycles. The van der Waals surface area contributed by atoms with Gasteiger partial charge in [-0.1, -0.05) is 43.7 Å². The summed E-state index contributed by atoms with van der Waals surface area (Å²) in [6.07, 6.45) is 3.83. The molecule has 69 heavy (non-hydrogen) atoms. The Bertz CT molecular complexity index is 1880. The van der Waals surface area contributed by atoms with Gasteiger partial charge in [0.15, 0.2) is 18.8 Å². The van der Waals surface area contributed by atoms with Gasteiger partial charge in [0, 0.05) is 56.5 Å². The van der Waals surface area contributed by atoms with Crippen molar-refractivity contribution in [3.05, 3.63) is 53.9 Å². The van der Waals surface area contributed by atoms with Gasteiger partial charge in [0.25, 0.3) is 0 Å². The number of aromatic nitrogens is 1. The van der Waals surface area contributed by atoms with Gasteiger partial charge in [-0.15, -0.1) is 0 Å². The number of oxime groups is 1. The quantitative estimate of drug-likeness (QED) is 0.0776. The maximum atomic E-state index is 14.4. The highest BCUT2D eigenvalue weighted by atomic mass is 16.7. The number of rotatable bonds is 14. The number of carbonyl (C=O) groups is 2. The van der Waals surface area contributed by atoms with Crippen LogP contribution in [0.25, 0.3) is 6.08 Å². The van der Waals surface area contributed by atoms with E-state index >= 15 is 0 Å². The predicted octanol–water partition coefficient (Wildman–Crippen LogP) is 3.40. The fourth-order valence-electron chi connectivity index (χ4n) is 9.77. The van der Waals surface area contributed by atoms with Crippen LogP contribution in [0.5, 0.6) is 0 Å². The van der Waals surface area contributed by atoms with Gasteiger partial charge >= 0.3 is 5.97 Å². The molecule has 1 saturated carbocycles. The average molecular weight is 974 g/mol. The van der Waals surface area contributed by atoms with E-state index in [1.165, 1.54) is 7.11 Å². The summed E-state index contributed by atoms with van der Waals surface area (Å²) in [6.45, 7) is 9.72. The molecule has 4 aliphatic rings. The third kappa shape index (κ3) is 15.8. The molecule has 3 fully saturated rings. The van der Waals surface area contributed by atoms with Gasteiger partial charge in [-0.25, -0.2) is 4.98 Å². The number of cyclic esters (lactones) is 1. The second kappa shape index (κ2) is 27.7. The second-order valence-electron chi connectivity index (χ2n) is 19.0. The van der Waals surface area contributed by atoms with Gasteiger partial charge < -0.3 is 74.0 Å². The lowest BCUT2D eigenvalue weighted by molar-refractivity contribution is -0.305. The van der Waals surface area contributed by atoms with Crippen LogP contribution in [-0.2, 0) is 52.3 Å². The van der Waals surface area contributed by atoms with Crippen molar-refractivity contribution >= 4 is 29.4 Å². The number of allylic oxidation sites excluding steroid dienone is 3. The molecule has 0 amide bonds. The number of ether oxygens (including phenoxy) is 8. The Balaban J connectivity index is 1.47. The van der Waals surface area contributed by atoms with Crippen LogP contribution in [0.1, 0.15) is 78.7 Å². The summed E-state index contributed by atoms with van der Waals surface area (Å²) in [6, 6.07) is 2.91. The number of ketones is 1. The Labute approximate surface area is 407 Å². The van der Waals surface area contributed by atoms with Crippen LogP contribution in [0.4, 0.5) is 5.82 Å². The number of nitrogens with two attached hydrogens (primary N) is 1. The summed E-state index contributed by atoms with van der Waals surface area (Å²) >= 11 is 0. The minimum Gasteiger partial charge on any atom is -0.462 e. The van der Waals surface area contributed by atoms with Gasteiger partial charge in [-0.3, -0.25) is 9.59 Å². The minimum atomic E-state index is -1.25. The number of methoxy groups -OCH3 is 2. The van der Waals surface area contributed by atoms with Crippen molar-refractivity contribution in [2.75, 3.05) is 67.2 Å². The number of nitrogen functional groups attached to an aromatic ring is 1. The van der Waals surface area contributed by atoms with E-state index in [9.17, 15) is 24.9 Å². The Hall–Kier alpha value is -3.86.